The Morgan fingerprint density at radius 1 is 1.20 bits per heavy atom. The second kappa shape index (κ2) is 5.38. The first-order valence-electron chi connectivity index (χ1n) is 5.71. The molecule has 0 saturated heterocycles. The summed E-state index contributed by atoms with van der Waals surface area (Å²) < 4.78 is 40.4. The zero-order valence-corrected chi connectivity index (χ0v) is 12.4. The lowest BCUT2D eigenvalue weighted by Crippen LogP contribution is -2.16. The van der Waals surface area contributed by atoms with Gasteiger partial charge in [-0.1, -0.05) is 11.6 Å². The van der Waals surface area contributed by atoms with Crippen LogP contribution >= 0.6 is 11.6 Å². The van der Waals surface area contributed by atoms with Crippen LogP contribution in [0.25, 0.3) is 0 Å². The van der Waals surface area contributed by atoms with E-state index >= 15 is 0 Å². The SMILES string of the molecule is Cc1cc(F)cc(C)c1S(=O)(=O)Nc1ccnc(Cl)c1. The van der Waals surface area contributed by atoms with Gasteiger partial charge in [-0.25, -0.2) is 17.8 Å². The molecule has 0 aliphatic carbocycles. The zero-order chi connectivity index (χ0) is 14.9. The molecule has 1 aromatic carbocycles. The van der Waals surface area contributed by atoms with Gasteiger partial charge < -0.3 is 0 Å². The molecular formula is C13H12ClFN2O2S. The van der Waals surface area contributed by atoms with E-state index in [-0.39, 0.29) is 10.0 Å². The van der Waals surface area contributed by atoms with Crippen molar-refractivity contribution in [3.05, 3.63) is 52.6 Å². The van der Waals surface area contributed by atoms with Gasteiger partial charge in [0.25, 0.3) is 10.0 Å². The Balaban J connectivity index is 2.46. The molecule has 0 unspecified atom stereocenters. The molecule has 2 aromatic rings. The van der Waals surface area contributed by atoms with Crippen molar-refractivity contribution in [3.63, 3.8) is 0 Å². The van der Waals surface area contributed by atoms with Crippen molar-refractivity contribution in [1.29, 1.82) is 0 Å². The monoisotopic (exact) mass is 314 g/mol. The number of nitrogens with zero attached hydrogens (tertiary/aromatic N) is 1. The van der Waals surface area contributed by atoms with Crippen LogP contribution in [0, 0.1) is 19.7 Å². The summed E-state index contributed by atoms with van der Waals surface area (Å²) >= 11 is 5.71. The van der Waals surface area contributed by atoms with Gasteiger partial charge in [-0.3, -0.25) is 4.72 Å². The first-order valence-corrected chi connectivity index (χ1v) is 7.57. The summed E-state index contributed by atoms with van der Waals surface area (Å²) in [7, 11) is -3.81. The Morgan fingerprint density at radius 3 is 2.35 bits per heavy atom. The van der Waals surface area contributed by atoms with E-state index in [0.29, 0.717) is 16.8 Å². The summed E-state index contributed by atoms with van der Waals surface area (Å²) in [5, 5.41) is 0.178. The molecule has 1 aromatic heterocycles. The number of benzene rings is 1. The van der Waals surface area contributed by atoms with Crippen LogP contribution in [-0.4, -0.2) is 13.4 Å². The van der Waals surface area contributed by atoms with Crippen LogP contribution in [0.2, 0.25) is 5.15 Å². The van der Waals surface area contributed by atoms with E-state index in [1.807, 2.05) is 0 Å². The van der Waals surface area contributed by atoms with Gasteiger partial charge in [0.2, 0.25) is 0 Å². The van der Waals surface area contributed by atoms with E-state index < -0.39 is 15.8 Å². The Morgan fingerprint density at radius 2 is 1.80 bits per heavy atom. The maximum absolute atomic E-state index is 13.2. The summed E-state index contributed by atoms with van der Waals surface area (Å²) in [6.07, 6.45) is 1.39. The fourth-order valence-electron chi connectivity index (χ4n) is 1.99. The zero-order valence-electron chi connectivity index (χ0n) is 10.8. The second-order valence-corrected chi connectivity index (χ2v) is 6.35. The third-order valence-electron chi connectivity index (χ3n) is 2.67. The molecule has 0 atom stereocenters. The number of halogens is 2. The van der Waals surface area contributed by atoms with Crippen molar-refractivity contribution in [2.24, 2.45) is 0 Å². The van der Waals surface area contributed by atoms with Gasteiger partial charge in [0.1, 0.15) is 11.0 Å². The highest BCUT2D eigenvalue weighted by Crippen LogP contribution is 2.24. The summed E-state index contributed by atoms with van der Waals surface area (Å²) in [4.78, 5) is 3.83. The summed E-state index contributed by atoms with van der Waals surface area (Å²) in [5.74, 6) is -0.467. The largest absolute Gasteiger partial charge is 0.279 e. The second-order valence-electron chi connectivity index (χ2n) is 4.34. The average molecular weight is 315 g/mol. The molecule has 7 heteroatoms. The van der Waals surface area contributed by atoms with Crippen LogP contribution in [0.4, 0.5) is 10.1 Å². The average Bonchev–Trinajstić information content (AvgIpc) is 2.25. The van der Waals surface area contributed by atoms with Crippen molar-refractivity contribution >= 4 is 27.3 Å². The van der Waals surface area contributed by atoms with Crippen molar-refractivity contribution in [3.8, 4) is 0 Å². The van der Waals surface area contributed by atoms with Gasteiger partial charge in [-0.15, -0.1) is 0 Å². The number of hydrogen-bond donors (Lipinski definition) is 1. The normalized spacial score (nSPS) is 11.4. The number of anilines is 1. The topological polar surface area (TPSA) is 59.1 Å². The van der Waals surface area contributed by atoms with Crippen molar-refractivity contribution in [2.45, 2.75) is 18.7 Å². The molecule has 4 nitrogen and oxygen atoms in total. The van der Waals surface area contributed by atoms with E-state index in [4.69, 9.17) is 11.6 Å². The number of hydrogen-bond acceptors (Lipinski definition) is 3. The van der Waals surface area contributed by atoms with Crippen LogP contribution in [-0.2, 0) is 10.0 Å². The molecule has 0 bridgehead atoms. The van der Waals surface area contributed by atoms with E-state index in [1.54, 1.807) is 13.8 Å². The minimum absolute atomic E-state index is 0.0619. The smallest absolute Gasteiger partial charge is 0.262 e. The van der Waals surface area contributed by atoms with E-state index in [9.17, 15) is 12.8 Å². The number of pyridine rings is 1. The minimum Gasteiger partial charge on any atom is -0.279 e. The number of aryl methyl sites for hydroxylation is 2. The fourth-order valence-corrected chi connectivity index (χ4v) is 3.67. The third kappa shape index (κ3) is 3.08. The highest BCUT2D eigenvalue weighted by molar-refractivity contribution is 7.92. The standard InChI is InChI=1S/C13H12ClFN2O2S/c1-8-5-10(15)6-9(2)13(8)20(18,19)17-11-3-4-16-12(14)7-11/h3-7H,1-2H3,(H,16,17). The van der Waals surface area contributed by atoms with Gasteiger partial charge in [-0.05, 0) is 49.2 Å². The third-order valence-corrected chi connectivity index (χ3v) is 4.57. The van der Waals surface area contributed by atoms with Gasteiger partial charge in [0, 0.05) is 6.20 Å². The van der Waals surface area contributed by atoms with Gasteiger partial charge in [0.05, 0.1) is 10.6 Å². The van der Waals surface area contributed by atoms with Crippen LogP contribution in [0.3, 0.4) is 0 Å². The molecule has 20 heavy (non-hydrogen) atoms. The number of aromatic nitrogens is 1. The molecule has 0 spiro atoms. The predicted molar refractivity (Wildman–Crippen MR) is 75.9 cm³/mol. The molecule has 0 radical (unpaired) electrons. The Labute approximate surface area is 121 Å². The summed E-state index contributed by atoms with van der Waals surface area (Å²) in [6, 6.07) is 5.24. The van der Waals surface area contributed by atoms with E-state index in [1.165, 1.54) is 30.5 Å². The van der Waals surface area contributed by atoms with Crippen molar-refractivity contribution in [1.82, 2.24) is 4.98 Å². The lowest BCUT2D eigenvalue weighted by atomic mass is 10.1. The fraction of sp³-hybridized carbons (Fsp3) is 0.154. The molecule has 0 aliphatic rings. The maximum atomic E-state index is 13.2. The lowest BCUT2D eigenvalue weighted by molar-refractivity contribution is 0.597. The van der Waals surface area contributed by atoms with Crippen LogP contribution in [0.15, 0.2) is 35.4 Å². The molecule has 2 rings (SSSR count). The van der Waals surface area contributed by atoms with Gasteiger partial charge >= 0.3 is 0 Å². The van der Waals surface area contributed by atoms with Crippen molar-refractivity contribution in [2.75, 3.05) is 4.72 Å². The first-order chi connectivity index (χ1) is 9.29. The van der Waals surface area contributed by atoms with Crippen LogP contribution in [0.1, 0.15) is 11.1 Å². The molecule has 0 aliphatic heterocycles. The quantitative estimate of drug-likeness (QED) is 0.884. The molecule has 1 N–H and O–H groups in total. The molecule has 1 heterocycles. The van der Waals surface area contributed by atoms with Crippen molar-refractivity contribution < 1.29 is 12.8 Å². The number of nitrogens with one attached hydrogen (secondary N) is 1. The summed E-state index contributed by atoms with van der Waals surface area (Å²) in [6.45, 7) is 3.09. The van der Waals surface area contributed by atoms with E-state index in [2.05, 4.69) is 9.71 Å². The molecule has 0 saturated carbocycles. The van der Waals surface area contributed by atoms with Crippen LogP contribution in [0.5, 0.6) is 0 Å². The molecule has 106 valence electrons. The molecular weight excluding hydrogens is 303 g/mol. The van der Waals surface area contributed by atoms with Gasteiger partial charge in [-0.2, -0.15) is 0 Å². The minimum atomic E-state index is -3.81. The summed E-state index contributed by atoms with van der Waals surface area (Å²) in [5.41, 5.74) is 0.985. The van der Waals surface area contributed by atoms with Gasteiger partial charge in [0.15, 0.2) is 0 Å². The van der Waals surface area contributed by atoms with E-state index in [0.717, 1.165) is 0 Å². The Hall–Kier alpha value is -1.66. The predicted octanol–water partition coefficient (Wildman–Crippen LogP) is 3.29. The molecule has 0 amide bonds. The molecule has 0 fully saturated rings. The number of rotatable bonds is 3. The first kappa shape index (κ1) is 14.7. The maximum Gasteiger partial charge on any atom is 0.262 e. The Bertz CT molecular complexity index is 740. The highest BCUT2D eigenvalue weighted by Gasteiger charge is 2.20. The lowest BCUT2D eigenvalue weighted by Gasteiger charge is -2.13. The highest BCUT2D eigenvalue weighted by atomic mass is 35.5. The Kier molecular flexibility index (Phi) is 3.96. The van der Waals surface area contributed by atoms with Crippen LogP contribution < -0.4 is 4.72 Å². The number of sulfonamides is 1.